The molecule has 0 radical (unpaired) electrons. The molecule has 2 N–H and O–H groups in total. The third-order valence-electron chi connectivity index (χ3n) is 5.89. The Balaban J connectivity index is 1.56. The van der Waals surface area contributed by atoms with E-state index in [2.05, 4.69) is 28.5 Å². The van der Waals surface area contributed by atoms with E-state index >= 15 is 0 Å². The van der Waals surface area contributed by atoms with E-state index in [4.69, 9.17) is 5.73 Å². The van der Waals surface area contributed by atoms with Crippen molar-refractivity contribution in [3.05, 3.63) is 0 Å². The molecule has 0 aromatic heterocycles. The molecule has 0 aromatic carbocycles. The van der Waals surface area contributed by atoms with Crippen LogP contribution >= 0.6 is 0 Å². The van der Waals surface area contributed by atoms with Crippen LogP contribution in [0.25, 0.3) is 0 Å². The molecule has 0 unspecified atom stereocenters. The second-order valence-corrected chi connectivity index (χ2v) is 7.31. The van der Waals surface area contributed by atoms with Gasteiger partial charge in [-0.25, -0.2) is 0 Å². The molecule has 2 aliphatic heterocycles. The molecule has 0 bridgehead atoms. The summed E-state index contributed by atoms with van der Waals surface area (Å²) in [5, 5.41) is 0. The molecule has 0 atom stereocenters. The summed E-state index contributed by atoms with van der Waals surface area (Å²) in [7, 11) is 0. The van der Waals surface area contributed by atoms with Crippen LogP contribution in [-0.4, -0.2) is 78.1 Å². The average Bonchev–Trinajstić information content (AvgIpc) is 3.32. The summed E-state index contributed by atoms with van der Waals surface area (Å²) in [6.07, 6.45) is 5.38. The first-order valence-electron chi connectivity index (χ1n) is 8.58. The van der Waals surface area contributed by atoms with Gasteiger partial charge in [-0.3, -0.25) is 9.80 Å². The quantitative estimate of drug-likeness (QED) is 0.832. The fourth-order valence-corrected chi connectivity index (χ4v) is 4.11. The largest absolute Gasteiger partial charge is 0.329 e. The van der Waals surface area contributed by atoms with Crippen LogP contribution in [0.5, 0.6) is 0 Å². The van der Waals surface area contributed by atoms with Crippen molar-refractivity contribution >= 4 is 0 Å². The number of likely N-dealkylation sites (tertiary alicyclic amines) is 1. The summed E-state index contributed by atoms with van der Waals surface area (Å²) in [6, 6.07) is 1.60. The number of piperazine rings is 1. The van der Waals surface area contributed by atoms with Crippen molar-refractivity contribution in [1.82, 2.24) is 14.7 Å². The zero-order chi connectivity index (χ0) is 14.2. The Morgan fingerprint density at radius 1 is 1.00 bits per heavy atom. The van der Waals surface area contributed by atoms with Gasteiger partial charge in [0.1, 0.15) is 0 Å². The van der Waals surface area contributed by atoms with Crippen molar-refractivity contribution in [1.29, 1.82) is 0 Å². The molecule has 116 valence electrons. The molecule has 0 spiro atoms. The van der Waals surface area contributed by atoms with Gasteiger partial charge in [-0.05, 0) is 39.5 Å². The third kappa shape index (κ3) is 2.89. The lowest BCUT2D eigenvalue weighted by Crippen LogP contribution is -2.64. The van der Waals surface area contributed by atoms with Crippen molar-refractivity contribution in [2.24, 2.45) is 5.73 Å². The van der Waals surface area contributed by atoms with Crippen molar-refractivity contribution in [3.8, 4) is 0 Å². The van der Waals surface area contributed by atoms with Gasteiger partial charge in [-0.1, -0.05) is 0 Å². The molecule has 0 aromatic rings. The van der Waals surface area contributed by atoms with E-state index in [0.29, 0.717) is 11.6 Å². The molecule has 3 fully saturated rings. The van der Waals surface area contributed by atoms with Gasteiger partial charge in [0, 0.05) is 63.4 Å². The highest BCUT2D eigenvalue weighted by atomic mass is 15.3. The maximum atomic E-state index is 6.22. The highest BCUT2D eigenvalue weighted by Gasteiger charge is 2.41. The normalized spacial score (nSPS) is 30.0. The van der Waals surface area contributed by atoms with E-state index in [0.717, 1.165) is 12.6 Å². The van der Waals surface area contributed by atoms with Crippen LogP contribution in [0, 0.1) is 0 Å². The monoisotopic (exact) mass is 280 g/mol. The summed E-state index contributed by atoms with van der Waals surface area (Å²) in [5.41, 5.74) is 6.52. The Labute approximate surface area is 124 Å². The van der Waals surface area contributed by atoms with Gasteiger partial charge in [0.05, 0.1) is 0 Å². The smallest absolute Gasteiger partial charge is 0.0357 e. The lowest BCUT2D eigenvalue weighted by Gasteiger charge is -2.51. The number of hydrogen-bond donors (Lipinski definition) is 1. The van der Waals surface area contributed by atoms with E-state index in [1.54, 1.807) is 0 Å². The standard InChI is InChI=1S/C16H32N4/c1-14(2)18-7-5-16(13-17,6-8-18)20-11-9-19(10-12-20)15-3-4-15/h14-15H,3-13,17H2,1-2H3. The molecule has 4 nitrogen and oxygen atoms in total. The SMILES string of the molecule is CC(C)N1CCC(CN)(N2CCN(C3CC3)CC2)CC1. The van der Waals surface area contributed by atoms with Crippen LogP contribution in [0.15, 0.2) is 0 Å². The first-order chi connectivity index (χ1) is 9.64. The number of nitrogens with zero attached hydrogens (tertiary/aromatic N) is 3. The van der Waals surface area contributed by atoms with Crippen molar-refractivity contribution in [2.45, 2.75) is 57.2 Å². The van der Waals surface area contributed by atoms with Crippen LogP contribution in [-0.2, 0) is 0 Å². The van der Waals surface area contributed by atoms with Gasteiger partial charge in [-0.2, -0.15) is 0 Å². The number of nitrogens with two attached hydrogens (primary N) is 1. The van der Waals surface area contributed by atoms with Crippen LogP contribution in [0.4, 0.5) is 0 Å². The zero-order valence-corrected chi connectivity index (χ0v) is 13.4. The number of rotatable bonds is 4. The molecule has 1 aliphatic carbocycles. The Morgan fingerprint density at radius 2 is 1.60 bits per heavy atom. The second-order valence-electron chi connectivity index (χ2n) is 7.31. The molecule has 3 rings (SSSR count). The minimum absolute atomic E-state index is 0.293. The fraction of sp³-hybridized carbons (Fsp3) is 1.00. The van der Waals surface area contributed by atoms with Crippen LogP contribution < -0.4 is 5.73 Å². The van der Waals surface area contributed by atoms with Gasteiger partial charge >= 0.3 is 0 Å². The Morgan fingerprint density at radius 3 is 2.05 bits per heavy atom. The van der Waals surface area contributed by atoms with E-state index in [1.165, 1.54) is 65.0 Å². The summed E-state index contributed by atoms with van der Waals surface area (Å²) < 4.78 is 0. The van der Waals surface area contributed by atoms with E-state index < -0.39 is 0 Å². The topological polar surface area (TPSA) is 35.7 Å². The van der Waals surface area contributed by atoms with Gasteiger partial charge in [-0.15, -0.1) is 0 Å². The van der Waals surface area contributed by atoms with Crippen LogP contribution in [0.1, 0.15) is 39.5 Å². The van der Waals surface area contributed by atoms with Crippen LogP contribution in [0.3, 0.4) is 0 Å². The number of hydrogen-bond acceptors (Lipinski definition) is 4. The van der Waals surface area contributed by atoms with Gasteiger partial charge in [0.2, 0.25) is 0 Å². The minimum atomic E-state index is 0.293. The molecule has 1 saturated carbocycles. The second kappa shape index (κ2) is 5.91. The first-order valence-corrected chi connectivity index (χ1v) is 8.58. The van der Waals surface area contributed by atoms with Crippen LogP contribution in [0.2, 0.25) is 0 Å². The maximum Gasteiger partial charge on any atom is 0.0357 e. The molecular formula is C16H32N4. The average molecular weight is 280 g/mol. The summed E-state index contributed by atoms with van der Waals surface area (Å²) >= 11 is 0. The van der Waals surface area contributed by atoms with Gasteiger partial charge in [0.15, 0.2) is 0 Å². The summed E-state index contributed by atoms with van der Waals surface area (Å²) in [6.45, 7) is 12.9. The lowest BCUT2D eigenvalue weighted by atomic mass is 9.84. The summed E-state index contributed by atoms with van der Waals surface area (Å²) in [4.78, 5) is 8.03. The van der Waals surface area contributed by atoms with E-state index in [-0.39, 0.29) is 0 Å². The highest BCUT2D eigenvalue weighted by molar-refractivity contribution is 4.99. The number of piperidine rings is 1. The predicted molar refractivity (Wildman–Crippen MR) is 83.9 cm³/mol. The molecule has 20 heavy (non-hydrogen) atoms. The van der Waals surface area contributed by atoms with Gasteiger partial charge in [0.25, 0.3) is 0 Å². The Bertz CT molecular complexity index is 310. The molecule has 4 heteroatoms. The fourth-order valence-electron chi connectivity index (χ4n) is 4.11. The van der Waals surface area contributed by atoms with Crippen molar-refractivity contribution in [2.75, 3.05) is 45.8 Å². The lowest BCUT2D eigenvalue weighted by molar-refractivity contribution is -0.0127. The molecule has 2 saturated heterocycles. The molecular weight excluding hydrogens is 248 g/mol. The Hall–Kier alpha value is -0.160. The molecule has 3 aliphatic rings. The highest BCUT2D eigenvalue weighted by Crippen LogP contribution is 2.32. The molecule has 2 heterocycles. The zero-order valence-electron chi connectivity index (χ0n) is 13.4. The maximum absolute atomic E-state index is 6.22. The minimum Gasteiger partial charge on any atom is -0.329 e. The van der Waals surface area contributed by atoms with Gasteiger partial charge < -0.3 is 10.6 Å². The van der Waals surface area contributed by atoms with E-state index in [1.807, 2.05) is 0 Å². The molecule has 0 amide bonds. The van der Waals surface area contributed by atoms with E-state index in [9.17, 15) is 0 Å². The third-order valence-corrected chi connectivity index (χ3v) is 5.89. The summed E-state index contributed by atoms with van der Waals surface area (Å²) in [5.74, 6) is 0. The van der Waals surface area contributed by atoms with Crippen molar-refractivity contribution in [3.63, 3.8) is 0 Å². The first kappa shape index (κ1) is 14.8. The predicted octanol–water partition coefficient (Wildman–Crippen LogP) is 0.968. The van der Waals surface area contributed by atoms with Crippen molar-refractivity contribution < 1.29 is 0 Å². The Kier molecular flexibility index (Phi) is 4.37.